The lowest BCUT2D eigenvalue weighted by Gasteiger charge is -2.26. The maximum absolute atomic E-state index is 6.31. The van der Waals surface area contributed by atoms with Crippen molar-refractivity contribution in [1.29, 1.82) is 0 Å². The Morgan fingerprint density at radius 1 is 0.486 bits per heavy atom. The molecule has 0 saturated heterocycles. The Morgan fingerprint density at radius 2 is 1.22 bits per heavy atom. The van der Waals surface area contributed by atoms with E-state index in [1.54, 1.807) is 0 Å². The van der Waals surface area contributed by atoms with E-state index >= 15 is 0 Å². The molecular weight excluding hydrogens is 452 g/mol. The summed E-state index contributed by atoms with van der Waals surface area (Å²) in [5.41, 5.74) is 6.74. The number of para-hydroxylation sites is 4. The summed E-state index contributed by atoms with van der Waals surface area (Å²) >= 11 is 0. The number of fused-ring (bicyclic) bond motifs is 6. The van der Waals surface area contributed by atoms with Gasteiger partial charge in [0, 0.05) is 27.8 Å². The molecule has 1 aliphatic heterocycles. The fourth-order valence-electron chi connectivity index (χ4n) is 5.68. The largest absolute Gasteiger partial charge is 0.453 e. The van der Waals surface area contributed by atoms with Crippen LogP contribution in [0.2, 0.25) is 0 Å². The lowest BCUT2D eigenvalue weighted by molar-refractivity contribution is 0.476. The first-order valence-electron chi connectivity index (χ1n) is 12.5. The van der Waals surface area contributed by atoms with Crippen LogP contribution in [-0.4, -0.2) is 4.57 Å². The zero-order valence-corrected chi connectivity index (χ0v) is 20.0. The van der Waals surface area contributed by atoms with Gasteiger partial charge in [0.1, 0.15) is 0 Å². The van der Waals surface area contributed by atoms with E-state index in [9.17, 15) is 0 Å². The van der Waals surface area contributed by atoms with E-state index in [1.807, 2.05) is 12.1 Å². The van der Waals surface area contributed by atoms with E-state index in [1.165, 1.54) is 27.1 Å². The van der Waals surface area contributed by atoms with Crippen LogP contribution >= 0.6 is 0 Å². The van der Waals surface area contributed by atoms with Gasteiger partial charge >= 0.3 is 0 Å². The van der Waals surface area contributed by atoms with Gasteiger partial charge in [-0.05, 0) is 71.4 Å². The van der Waals surface area contributed by atoms with Crippen LogP contribution < -0.4 is 9.64 Å². The number of ether oxygens (including phenoxy) is 1. The molecule has 0 fully saturated rings. The number of aromatic nitrogens is 1. The van der Waals surface area contributed by atoms with Crippen molar-refractivity contribution >= 4 is 49.6 Å². The summed E-state index contributed by atoms with van der Waals surface area (Å²) in [5.74, 6) is 1.77. The first-order valence-corrected chi connectivity index (χ1v) is 12.5. The van der Waals surface area contributed by atoms with Crippen molar-refractivity contribution in [3.8, 4) is 17.2 Å². The zero-order valence-electron chi connectivity index (χ0n) is 20.0. The Hall–Kier alpha value is -5.02. The molecule has 0 N–H and O–H groups in total. The van der Waals surface area contributed by atoms with Gasteiger partial charge in [-0.2, -0.15) is 0 Å². The third-order valence-electron chi connectivity index (χ3n) is 7.32. The van der Waals surface area contributed by atoms with Crippen LogP contribution in [0.1, 0.15) is 0 Å². The third kappa shape index (κ3) is 3.01. The Kier molecular flexibility index (Phi) is 4.23. The molecular formula is C34H22N2O. The summed E-state index contributed by atoms with van der Waals surface area (Å²) in [4.78, 5) is 2.34. The lowest BCUT2D eigenvalue weighted by atomic mass is 10.1. The molecule has 3 heteroatoms. The SMILES string of the molecule is c1ccc(N(c2ccc3ccccc3c2)c2ccc3c(c2)c2cccc4c2n3-c2ccccc2O4)cc1. The number of benzene rings is 6. The summed E-state index contributed by atoms with van der Waals surface area (Å²) in [6, 6.07) is 47.2. The minimum absolute atomic E-state index is 0.881. The van der Waals surface area contributed by atoms with Gasteiger partial charge in [0.05, 0.1) is 16.7 Å². The average molecular weight is 475 g/mol. The molecule has 2 heterocycles. The van der Waals surface area contributed by atoms with Crippen molar-refractivity contribution in [2.75, 3.05) is 4.90 Å². The maximum atomic E-state index is 6.31. The van der Waals surface area contributed by atoms with Crippen LogP contribution in [0.25, 0.3) is 38.3 Å². The quantitative estimate of drug-likeness (QED) is 0.254. The van der Waals surface area contributed by atoms with E-state index < -0.39 is 0 Å². The lowest BCUT2D eigenvalue weighted by Crippen LogP contribution is -2.09. The van der Waals surface area contributed by atoms with Crippen LogP contribution in [-0.2, 0) is 0 Å². The van der Waals surface area contributed by atoms with E-state index in [2.05, 4.69) is 131 Å². The predicted octanol–water partition coefficient (Wildman–Crippen LogP) is 9.51. The van der Waals surface area contributed by atoms with Crippen molar-refractivity contribution in [3.63, 3.8) is 0 Å². The van der Waals surface area contributed by atoms with Gasteiger partial charge in [0.2, 0.25) is 0 Å². The van der Waals surface area contributed by atoms with Crippen LogP contribution in [0, 0.1) is 0 Å². The van der Waals surface area contributed by atoms with Gasteiger partial charge < -0.3 is 14.2 Å². The van der Waals surface area contributed by atoms with E-state index in [-0.39, 0.29) is 0 Å². The highest BCUT2D eigenvalue weighted by atomic mass is 16.5. The standard InChI is InChI=1S/C34H22N2O/c1-2-11-25(12-3-1)35(26-18-17-23-9-4-5-10-24(23)21-26)27-19-20-30-29(22-27)28-13-8-16-33-34(28)36(30)31-14-6-7-15-32(31)37-33/h1-22H. The van der Waals surface area contributed by atoms with Gasteiger partial charge in [-0.3, -0.25) is 0 Å². The Balaban J connectivity index is 1.40. The Bertz CT molecular complexity index is 1970. The maximum Gasteiger partial charge on any atom is 0.152 e. The van der Waals surface area contributed by atoms with Gasteiger partial charge in [-0.15, -0.1) is 0 Å². The third-order valence-corrected chi connectivity index (χ3v) is 7.32. The van der Waals surface area contributed by atoms with E-state index in [0.29, 0.717) is 0 Å². The molecule has 0 bridgehead atoms. The monoisotopic (exact) mass is 474 g/mol. The van der Waals surface area contributed by atoms with E-state index in [0.717, 1.165) is 39.8 Å². The molecule has 0 amide bonds. The average Bonchev–Trinajstić information content (AvgIpc) is 3.29. The van der Waals surface area contributed by atoms with Gasteiger partial charge in [-0.25, -0.2) is 0 Å². The number of hydrogen-bond donors (Lipinski definition) is 0. The topological polar surface area (TPSA) is 17.4 Å². The molecule has 174 valence electrons. The van der Waals surface area contributed by atoms with Gasteiger partial charge in [0.15, 0.2) is 11.5 Å². The molecule has 0 radical (unpaired) electrons. The number of rotatable bonds is 3. The fourth-order valence-corrected chi connectivity index (χ4v) is 5.68. The second kappa shape index (κ2) is 7.74. The van der Waals surface area contributed by atoms with E-state index in [4.69, 9.17) is 4.74 Å². The molecule has 0 spiro atoms. The molecule has 7 aromatic rings. The molecule has 0 saturated carbocycles. The summed E-state index contributed by atoms with van der Waals surface area (Å²) in [7, 11) is 0. The van der Waals surface area contributed by atoms with Crippen LogP contribution in [0.3, 0.4) is 0 Å². The van der Waals surface area contributed by atoms with Crippen molar-refractivity contribution in [3.05, 3.63) is 133 Å². The second-order valence-corrected chi connectivity index (χ2v) is 9.46. The minimum Gasteiger partial charge on any atom is -0.453 e. The van der Waals surface area contributed by atoms with Crippen LogP contribution in [0.5, 0.6) is 11.5 Å². The normalized spacial score (nSPS) is 12.0. The van der Waals surface area contributed by atoms with Crippen molar-refractivity contribution in [2.24, 2.45) is 0 Å². The van der Waals surface area contributed by atoms with Gasteiger partial charge in [-0.1, -0.05) is 72.8 Å². The highest BCUT2D eigenvalue weighted by molar-refractivity contribution is 6.13. The smallest absolute Gasteiger partial charge is 0.152 e. The minimum atomic E-state index is 0.881. The molecule has 37 heavy (non-hydrogen) atoms. The summed E-state index contributed by atoms with van der Waals surface area (Å²) in [5, 5.41) is 4.86. The molecule has 1 aromatic heterocycles. The summed E-state index contributed by atoms with van der Waals surface area (Å²) < 4.78 is 8.64. The number of anilines is 3. The highest BCUT2D eigenvalue weighted by Crippen LogP contribution is 2.46. The molecule has 0 atom stereocenters. The summed E-state index contributed by atoms with van der Waals surface area (Å²) in [6.45, 7) is 0. The number of hydrogen-bond acceptors (Lipinski definition) is 2. The summed E-state index contributed by atoms with van der Waals surface area (Å²) in [6.07, 6.45) is 0. The van der Waals surface area contributed by atoms with Crippen LogP contribution in [0.4, 0.5) is 17.1 Å². The second-order valence-electron chi connectivity index (χ2n) is 9.46. The Labute approximate surface area is 214 Å². The van der Waals surface area contributed by atoms with Crippen molar-refractivity contribution in [2.45, 2.75) is 0 Å². The van der Waals surface area contributed by atoms with Crippen molar-refractivity contribution in [1.82, 2.24) is 4.57 Å². The molecule has 0 aliphatic carbocycles. The predicted molar refractivity (Wildman–Crippen MR) is 153 cm³/mol. The molecule has 6 aromatic carbocycles. The zero-order chi connectivity index (χ0) is 24.3. The molecule has 8 rings (SSSR count). The molecule has 1 aliphatic rings. The molecule has 3 nitrogen and oxygen atoms in total. The highest BCUT2D eigenvalue weighted by Gasteiger charge is 2.24. The molecule has 0 unspecified atom stereocenters. The number of nitrogens with zero attached hydrogens (tertiary/aromatic N) is 2. The van der Waals surface area contributed by atoms with Gasteiger partial charge in [0.25, 0.3) is 0 Å². The first-order chi connectivity index (χ1) is 18.3. The fraction of sp³-hybridized carbons (Fsp3) is 0. The van der Waals surface area contributed by atoms with Crippen LogP contribution in [0.15, 0.2) is 133 Å². The Morgan fingerprint density at radius 3 is 2.14 bits per heavy atom. The first kappa shape index (κ1) is 20.2. The van der Waals surface area contributed by atoms with Crippen molar-refractivity contribution < 1.29 is 4.74 Å².